The number of fused-ring (bicyclic) bond motifs is 1. The Labute approximate surface area is 131 Å². The maximum absolute atomic E-state index is 5.75. The molecule has 1 aromatic heterocycles. The van der Waals surface area contributed by atoms with E-state index in [2.05, 4.69) is 53.4 Å². The van der Waals surface area contributed by atoms with Gasteiger partial charge in [0, 0.05) is 11.0 Å². The fourth-order valence-electron chi connectivity index (χ4n) is 2.51. The Balaban J connectivity index is 2.00. The van der Waals surface area contributed by atoms with Gasteiger partial charge in [0.05, 0.1) is 23.4 Å². The quantitative estimate of drug-likeness (QED) is 0.730. The summed E-state index contributed by atoms with van der Waals surface area (Å²) >= 11 is 5.51. The van der Waals surface area contributed by atoms with E-state index in [-0.39, 0.29) is 10.2 Å². The lowest BCUT2D eigenvalue weighted by molar-refractivity contribution is 0.291. The Morgan fingerprint density at radius 1 is 1.35 bits per heavy atom. The van der Waals surface area contributed by atoms with Crippen LogP contribution in [0.4, 0.5) is 0 Å². The van der Waals surface area contributed by atoms with E-state index in [9.17, 15) is 0 Å². The van der Waals surface area contributed by atoms with Crippen molar-refractivity contribution in [1.82, 2.24) is 0 Å². The normalized spacial score (nSPS) is 17.4. The summed E-state index contributed by atoms with van der Waals surface area (Å²) in [5.74, 6) is 1.95. The van der Waals surface area contributed by atoms with Crippen LogP contribution in [0.25, 0.3) is 0 Å². The summed E-state index contributed by atoms with van der Waals surface area (Å²) in [5.41, 5.74) is 2.61. The van der Waals surface area contributed by atoms with E-state index in [0.29, 0.717) is 0 Å². The van der Waals surface area contributed by atoms with Crippen LogP contribution in [-0.4, -0.2) is 13.7 Å². The number of benzene rings is 1. The largest absolute Gasteiger partial charge is 0.496 e. The molecule has 0 bridgehead atoms. The molecule has 1 atom stereocenters. The molecule has 1 unspecified atom stereocenters. The number of halogens is 1. The van der Waals surface area contributed by atoms with Crippen molar-refractivity contribution in [2.75, 3.05) is 13.7 Å². The lowest BCUT2D eigenvalue weighted by atomic mass is 9.86. The van der Waals surface area contributed by atoms with Crippen LogP contribution in [0.5, 0.6) is 11.5 Å². The van der Waals surface area contributed by atoms with Crippen molar-refractivity contribution in [2.45, 2.75) is 24.1 Å². The van der Waals surface area contributed by atoms with Crippen LogP contribution in [0.3, 0.4) is 0 Å². The Morgan fingerprint density at radius 2 is 2.15 bits per heavy atom. The number of thiophene rings is 1. The number of rotatable bonds is 3. The zero-order chi connectivity index (χ0) is 14.3. The third-order valence-corrected chi connectivity index (χ3v) is 5.97. The van der Waals surface area contributed by atoms with Gasteiger partial charge >= 0.3 is 0 Å². The third-order valence-electron chi connectivity index (χ3n) is 3.72. The average molecular weight is 353 g/mol. The summed E-state index contributed by atoms with van der Waals surface area (Å²) < 4.78 is 11.2. The molecule has 1 aliphatic rings. The van der Waals surface area contributed by atoms with Crippen LogP contribution >= 0.6 is 27.3 Å². The first-order chi connectivity index (χ1) is 9.53. The van der Waals surface area contributed by atoms with E-state index in [0.717, 1.165) is 18.1 Å². The molecule has 2 nitrogen and oxygen atoms in total. The molecule has 0 saturated heterocycles. The lowest BCUT2D eigenvalue weighted by Gasteiger charge is -2.17. The Morgan fingerprint density at radius 3 is 2.90 bits per heavy atom. The molecule has 106 valence electrons. The van der Waals surface area contributed by atoms with E-state index >= 15 is 0 Å². The van der Waals surface area contributed by atoms with Crippen molar-refractivity contribution in [1.29, 1.82) is 0 Å². The molecule has 1 aliphatic heterocycles. The van der Waals surface area contributed by atoms with Crippen LogP contribution in [-0.2, 0) is 5.41 Å². The average Bonchev–Trinajstić information content (AvgIpc) is 3.03. The molecule has 0 amide bonds. The van der Waals surface area contributed by atoms with Crippen molar-refractivity contribution in [3.05, 3.63) is 45.6 Å². The van der Waals surface area contributed by atoms with Gasteiger partial charge in [-0.15, -0.1) is 11.3 Å². The van der Waals surface area contributed by atoms with Crippen molar-refractivity contribution in [3.8, 4) is 11.5 Å². The van der Waals surface area contributed by atoms with Gasteiger partial charge in [0.1, 0.15) is 11.5 Å². The number of alkyl halides is 1. The zero-order valence-corrected chi connectivity index (χ0v) is 14.2. The maximum atomic E-state index is 5.75. The Bertz CT molecular complexity index is 633. The first-order valence-corrected chi connectivity index (χ1v) is 8.35. The summed E-state index contributed by atoms with van der Waals surface area (Å²) in [4.78, 5) is 1.35. The van der Waals surface area contributed by atoms with Crippen LogP contribution in [0, 0.1) is 0 Å². The summed E-state index contributed by atoms with van der Waals surface area (Å²) in [6, 6.07) is 8.46. The van der Waals surface area contributed by atoms with Gasteiger partial charge < -0.3 is 9.47 Å². The molecule has 3 rings (SSSR count). The molecule has 0 radical (unpaired) electrons. The van der Waals surface area contributed by atoms with Gasteiger partial charge in [-0.3, -0.25) is 0 Å². The summed E-state index contributed by atoms with van der Waals surface area (Å²) in [5, 5.41) is 2.06. The second kappa shape index (κ2) is 5.08. The van der Waals surface area contributed by atoms with Gasteiger partial charge in [0.25, 0.3) is 0 Å². The van der Waals surface area contributed by atoms with Gasteiger partial charge in [0.15, 0.2) is 0 Å². The van der Waals surface area contributed by atoms with Crippen LogP contribution in [0.2, 0.25) is 0 Å². The predicted octanol–water partition coefficient (Wildman–Crippen LogP) is 4.91. The highest BCUT2D eigenvalue weighted by molar-refractivity contribution is 9.09. The monoisotopic (exact) mass is 352 g/mol. The first-order valence-electron chi connectivity index (χ1n) is 6.55. The zero-order valence-electron chi connectivity index (χ0n) is 11.8. The van der Waals surface area contributed by atoms with Gasteiger partial charge in [-0.05, 0) is 29.1 Å². The highest BCUT2D eigenvalue weighted by Crippen LogP contribution is 2.44. The second-order valence-electron chi connectivity index (χ2n) is 5.64. The molecule has 4 heteroatoms. The molecule has 0 saturated carbocycles. The number of hydrogen-bond donors (Lipinski definition) is 0. The number of hydrogen-bond acceptors (Lipinski definition) is 3. The topological polar surface area (TPSA) is 18.5 Å². The second-order valence-corrected chi connectivity index (χ2v) is 7.51. The minimum Gasteiger partial charge on any atom is -0.496 e. The molecule has 20 heavy (non-hydrogen) atoms. The van der Waals surface area contributed by atoms with Crippen LogP contribution in [0.15, 0.2) is 29.6 Å². The molecule has 1 aromatic carbocycles. The maximum Gasteiger partial charge on any atom is 0.134 e. The van der Waals surface area contributed by atoms with Crippen molar-refractivity contribution in [3.63, 3.8) is 0 Å². The third kappa shape index (κ3) is 2.25. The highest BCUT2D eigenvalue weighted by atomic mass is 79.9. The molecule has 2 aromatic rings. The predicted molar refractivity (Wildman–Crippen MR) is 86.6 cm³/mol. The van der Waals surface area contributed by atoms with Gasteiger partial charge in [0.2, 0.25) is 0 Å². The van der Waals surface area contributed by atoms with Gasteiger partial charge in [-0.25, -0.2) is 0 Å². The minimum atomic E-state index is 0.0810. The summed E-state index contributed by atoms with van der Waals surface area (Å²) in [7, 11) is 1.71. The SMILES string of the molecule is COc1ccsc1C(Br)c1ccc2c(c1)C(C)(C)CO2. The molecule has 0 fully saturated rings. The fourth-order valence-corrected chi connectivity index (χ4v) is 4.21. The molecule has 0 aliphatic carbocycles. The van der Waals surface area contributed by atoms with Crippen LogP contribution < -0.4 is 9.47 Å². The highest BCUT2D eigenvalue weighted by Gasteiger charge is 2.32. The first kappa shape index (κ1) is 14.0. The standard InChI is InChI=1S/C16H17BrO2S/c1-16(2)9-19-12-5-4-10(8-11(12)16)14(17)15-13(18-3)6-7-20-15/h4-8,14H,9H2,1-3H3. The summed E-state index contributed by atoms with van der Waals surface area (Å²) in [6.45, 7) is 5.19. The smallest absolute Gasteiger partial charge is 0.134 e. The number of ether oxygens (including phenoxy) is 2. The van der Waals surface area contributed by atoms with Crippen molar-refractivity contribution < 1.29 is 9.47 Å². The van der Waals surface area contributed by atoms with E-state index in [4.69, 9.17) is 9.47 Å². The Hall–Kier alpha value is -1.00. The molecule has 2 heterocycles. The van der Waals surface area contributed by atoms with Crippen molar-refractivity contribution >= 4 is 27.3 Å². The lowest BCUT2D eigenvalue weighted by Crippen LogP contribution is -2.18. The summed E-state index contributed by atoms with van der Waals surface area (Å²) in [6.07, 6.45) is 0. The van der Waals surface area contributed by atoms with E-state index in [1.54, 1.807) is 18.4 Å². The molecule has 0 N–H and O–H groups in total. The van der Waals surface area contributed by atoms with E-state index in [1.807, 2.05) is 6.07 Å². The minimum absolute atomic E-state index is 0.0810. The molecular weight excluding hydrogens is 336 g/mol. The van der Waals surface area contributed by atoms with E-state index < -0.39 is 0 Å². The molecular formula is C16H17BrO2S. The van der Waals surface area contributed by atoms with Gasteiger partial charge in [-0.1, -0.05) is 35.8 Å². The Kier molecular flexibility index (Phi) is 3.55. The van der Waals surface area contributed by atoms with Crippen LogP contribution in [0.1, 0.15) is 34.7 Å². The fraction of sp³-hybridized carbons (Fsp3) is 0.375. The number of methoxy groups -OCH3 is 1. The van der Waals surface area contributed by atoms with Gasteiger partial charge in [-0.2, -0.15) is 0 Å². The van der Waals surface area contributed by atoms with Crippen molar-refractivity contribution in [2.24, 2.45) is 0 Å². The molecule has 0 spiro atoms. The van der Waals surface area contributed by atoms with E-state index in [1.165, 1.54) is 16.0 Å².